The molecular formula is C21H30N4O. The molecule has 5 heteroatoms. The van der Waals surface area contributed by atoms with Crippen molar-refractivity contribution in [2.45, 2.75) is 46.1 Å². The first-order valence-corrected chi connectivity index (χ1v) is 10.0. The van der Waals surface area contributed by atoms with Crippen LogP contribution in [0.2, 0.25) is 0 Å². The molecular weight excluding hydrogens is 324 g/mol. The zero-order chi connectivity index (χ0) is 18.3. The summed E-state index contributed by atoms with van der Waals surface area (Å²) in [6.45, 7) is 10.6. The summed E-state index contributed by atoms with van der Waals surface area (Å²) >= 11 is 0. The Morgan fingerprint density at radius 1 is 1.31 bits per heavy atom. The highest BCUT2D eigenvalue weighted by Crippen LogP contribution is 2.32. The van der Waals surface area contributed by atoms with E-state index in [0.29, 0.717) is 17.7 Å². The van der Waals surface area contributed by atoms with Crippen molar-refractivity contribution in [1.82, 2.24) is 19.2 Å². The van der Waals surface area contributed by atoms with Crippen molar-refractivity contribution in [2.75, 3.05) is 26.2 Å². The number of hydrogen-bond acceptors (Lipinski definition) is 3. The van der Waals surface area contributed by atoms with Crippen molar-refractivity contribution in [1.29, 1.82) is 0 Å². The SMILES string of the molecule is Cc1cccn2cc(C(=O)N3CCCN(CC4CC4)C(C(C)C)C3)nc12. The number of nitrogens with zero attached hydrogens (tertiary/aromatic N) is 4. The van der Waals surface area contributed by atoms with E-state index in [1.165, 1.54) is 19.4 Å². The maximum atomic E-state index is 13.2. The number of imidazole rings is 1. The van der Waals surface area contributed by atoms with Gasteiger partial charge in [-0.05, 0) is 49.7 Å². The van der Waals surface area contributed by atoms with Crippen molar-refractivity contribution in [3.05, 3.63) is 35.8 Å². The van der Waals surface area contributed by atoms with Crippen molar-refractivity contribution in [2.24, 2.45) is 11.8 Å². The molecule has 1 amide bonds. The summed E-state index contributed by atoms with van der Waals surface area (Å²) in [6.07, 6.45) is 7.65. The molecule has 0 aromatic carbocycles. The Hall–Kier alpha value is -1.88. The smallest absolute Gasteiger partial charge is 0.274 e. The first-order valence-electron chi connectivity index (χ1n) is 10.0. The van der Waals surface area contributed by atoms with Gasteiger partial charge in [-0.2, -0.15) is 0 Å². The maximum absolute atomic E-state index is 13.2. The molecule has 0 bridgehead atoms. The van der Waals surface area contributed by atoms with Crippen molar-refractivity contribution in [3.8, 4) is 0 Å². The zero-order valence-corrected chi connectivity index (χ0v) is 16.2. The Labute approximate surface area is 156 Å². The molecule has 140 valence electrons. The van der Waals surface area contributed by atoms with Crippen LogP contribution in [-0.2, 0) is 0 Å². The van der Waals surface area contributed by atoms with E-state index in [2.05, 4.69) is 23.7 Å². The lowest BCUT2D eigenvalue weighted by Crippen LogP contribution is -2.46. The molecule has 0 N–H and O–H groups in total. The normalized spacial score (nSPS) is 22.2. The van der Waals surface area contributed by atoms with Gasteiger partial charge in [0.1, 0.15) is 11.3 Å². The van der Waals surface area contributed by atoms with Crippen LogP contribution < -0.4 is 0 Å². The Bertz CT molecular complexity index is 792. The van der Waals surface area contributed by atoms with E-state index in [4.69, 9.17) is 0 Å². The van der Waals surface area contributed by atoms with Crippen LogP contribution in [0.5, 0.6) is 0 Å². The molecule has 1 saturated carbocycles. The lowest BCUT2D eigenvalue weighted by Gasteiger charge is -2.34. The predicted molar refractivity (Wildman–Crippen MR) is 103 cm³/mol. The van der Waals surface area contributed by atoms with Crippen LogP contribution in [0.1, 0.15) is 49.2 Å². The number of amides is 1. The van der Waals surface area contributed by atoms with Gasteiger partial charge in [0.15, 0.2) is 0 Å². The molecule has 2 aromatic heterocycles. The van der Waals surface area contributed by atoms with E-state index < -0.39 is 0 Å². The molecule has 1 aliphatic carbocycles. The zero-order valence-electron chi connectivity index (χ0n) is 16.2. The number of fused-ring (bicyclic) bond motifs is 1. The topological polar surface area (TPSA) is 40.9 Å². The number of carbonyl (C=O) groups excluding carboxylic acids is 1. The molecule has 1 unspecified atom stereocenters. The second kappa shape index (κ2) is 7.03. The molecule has 2 fully saturated rings. The minimum atomic E-state index is 0.0759. The Morgan fingerprint density at radius 2 is 2.12 bits per heavy atom. The summed E-state index contributed by atoms with van der Waals surface area (Å²) < 4.78 is 1.96. The standard InChI is InChI=1S/C21H30N4O/c1-15(2)19-14-25(11-5-10-23(19)12-17-7-8-17)21(26)18-13-24-9-4-6-16(3)20(24)22-18/h4,6,9,13,15,17,19H,5,7-8,10-12,14H2,1-3H3. The molecule has 26 heavy (non-hydrogen) atoms. The van der Waals surface area contributed by atoms with E-state index in [-0.39, 0.29) is 5.91 Å². The number of hydrogen-bond donors (Lipinski definition) is 0. The number of aromatic nitrogens is 2. The van der Waals surface area contributed by atoms with E-state index in [0.717, 1.165) is 43.2 Å². The Kier molecular flexibility index (Phi) is 4.74. The first kappa shape index (κ1) is 17.5. The fourth-order valence-electron chi connectivity index (χ4n) is 4.16. The summed E-state index contributed by atoms with van der Waals surface area (Å²) in [6, 6.07) is 4.47. The van der Waals surface area contributed by atoms with Crippen LogP contribution in [0.15, 0.2) is 24.5 Å². The molecule has 1 saturated heterocycles. The highest BCUT2D eigenvalue weighted by atomic mass is 16.2. The van der Waals surface area contributed by atoms with Gasteiger partial charge in [0.05, 0.1) is 0 Å². The van der Waals surface area contributed by atoms with Crippen LogP contribution in [-0.4, -0.2) is 57.3 Å². The van der Waals surface area contributed by atoms with Gasteiger partial charge in [0.25, 0.3) is 5.91 Å². The highest BCUT2D eigenvalue weighted by molar-refractivity contribution is 5.93. The minimum absolute atomic E-state index is 0.0759. The molecule has 5 nitrogen and oxygen atoms in total. The Morgan fingerprint density at radius 3 is 2.81 bits per heavy atom. The molecule has 2 aromatic rings. The summed E-state index contributed by atoms with van der Waals surface area (Å²) in [7, 11) is 0. The second-order valence-electron chi connectivity index (χ2n) is 8.40. The Balaban J connectivity index is 1.55. The predicted octanol–water partition coefficient (Wildman–Crippen LogP) is 3.23. The van der Waals surface area contributed by atoms with Crippen LogP contribution in [0, 0.1) is 18.8 Å². The lowest BCUT2D eigenvalue weighted by atomic mass is 10.0. The van der Waals surface area contributed by atoms with Gasteiger partial charge >= 0.3 is 0 Å². The van der Waals surface area contributed by atoms with Crippen LogP contribution in [0.25, 0.3) is 5.65 Å². The summed E-state index contributed by atoms with van der Waals surface area (Å²) in [5.74, 6) is 1.51. The van der Waals surface area contributed by atoms with Gasteiger partial charge in [0.2, 0.25) is 0 Å². The average molecular weight is 354 g/mol. The van der Waals surface area contributed by atoms with Crippen LogP contribution in [0.4, 0.5) is 0 Å². The molecule has 3 heterocycles. The maximum Gasteiger partial charge on any atom is 0.274 e. The van der Waals surface area contributed by atoms with Gasteiger partial charge in [-0.1, -0.05) is 19.9 Å². The van der Waals surface area contributed by atoms with E-state index in [9.17, 15) is 4.79 Å². The van der Waals surface area contributed by atoms with Gasteiger partial charge < -0.3 is 9.30 Å². The van der Waals surface area contributed by atoms with Gasteiger partial charge in [-0.25, -0.2) is 4.98 Å². The lowest BCUT2D eigenvalue weighted by molar-refractivity contribution is 0.0699. The quantitative estimate of drug-likeness (QED) is 0.846. The first-order chi connectivity index (χ1) is 12.5. The molecule has 0 spiro atoms. The summed E-state index contributed by atoms with van der Waals surface area (Å²) in [4.78, 5) is 22.5. The number of aryl methyl sites for hydroxylation is 1. The van der Waals surface area contributed by atoms with E-state index >= 15 is 0 Å². The third-order valence-corrected chi connectivity index (χ3v) is 5.89. The number of carbonyl (C=O) groups is 1. The molecule has 1 aliphatic heterocycles. The summed E-state index contributed by atoms with van der Waals surface area (Å²) in [5, 5.41) is 0. The number of rotatable bonds is 4. The van der Waals surface area contributed by atoms with E-state index in [1.807, 2.05) is 40.8 Å². The largest absolute Gasteiger partial charge is 0.336 e. The third kappa shape index (κ3) is 3.50. The average Bonchev–Trinajstić information content (AvgIpc) is 3.35. The fraction of sp³-hybridized carbons (Fsp3) is 0.619. The second-order valence-corrected chi connectivity index (χ2v) is 8.40. The van der Waals surface area contributed by atoms with Gasteiger partial charge in [-0.15, -0.1) is 0 Å². The van der Waals surface area contributed by atoms with Gasteiger partial charge in [-0.3, -0.25) is 9.69 Å². The van der Waals surface area contributed by atoms with Crippen LogP contribution >= 0.6 is 0 Å². The molecule has 1 atom stereocenters. The summed E-state index contributed by atoms with van der Waals surface area (Å²) in [5.41, 5.74) is 2.54. The van der Waals surface area contributed by atoms with E-state index in [1.54, 1.807) is 0 Å². The minimum Gasteiger partial charge on any atom is -0.336 e. The third-order valence-electron chi connectivity index (χ3n) is 5.89. The van der Waals surface area contributed by atoms with Crippen molar-refractivity contribution in [3.63, 3.8) is 0 Å². The van der Waals surface area contributed by atoms with Crippen molar-refractivity contribution >= 4 is 11.6 Å². The highest BCUT2D eigenvalue weighted by Gasteiger charge is 2.33. The van der Waals surface area contributed by atoms with Crippen molar-refractivity contribution < 1.29 is 4.79 Å². The number of pyridine rings is 1. The fourth-order valence-corrected chi connectivity index (χ4v) is 4.16. The molecule has 2 aliphatic rings. The molecule has 0 radical (unpaired) electrons. The van der Waals surface area contributed by atoms with Crippen LogP contribution in [0.3, 0.4) is 0 Å². The van der Waals surface area contributed by atoms with Gasteiger partial charge in [0, 0.05) is 44.6 Å². The monoisotopic (exact) mass is 354 g/mol. The molecule has 4 rings (SSSR count).